The second-order valence-electron chi connectivity index (χ2n) is 6.41. The lowest BCUT2D eigenvalue weighted by atomic mass is 10.1. The summed E-state index contributed by atoms with van der Waals surface area (Å²) in [5.41, 5.74) is 1.42. The van der Waals surface area contributed by atoms with Gasteiger partial charge in [-0.3, -0.25) is 14.2 Å². The van der Waals surface area contributed by atoms with E-state index < -0.39 is 17.3 Å². The molecule has 0 aliphatic heterocycles. The molecule has 0 saturated carbocycles. The van der Waals surface area contributed by atoms with Gasteiger partial charge in [-0.2, -0.15) is 0 Å². The summed E-state index contributed by atoms with van der Waals surface area (Å²) in [7, 11) is 0. The molecular weight excluding hydrogens is 399 g/mol. The van der Waals surface area contributed by atoms with Crippen LogP contribution in [0.3, 0.4) is 0 Å². The van der Waals surface area contributed by atoms with Crippen molar-refractivity contribution in [2.75, 3.05) is 5.32 Å². The van der Waals surface area contributed by atoms with E-state index >= 15 is 0 Å². The van der Waals surface area contributed by atoms with E-state index in [9.17, 15) is 14.0 Å². The van der Waals surface area contributed by atoms with Gasteiger partial charge in [0.25, 0.3) is 11.3 Å². The highest BCUT2D eigenvalue weighted by Gasteiger charge is 2.18. The summed E-state index contributed by atoms with van der Waals surface area (Å²) < 4.78 is 19.8. The molecule has 0 radical (unpaired) electrons. The van der Waals surface area contributed by atoms with E-state index in [1.807, 2.05) is 6.92 Å². The fourth-order valence-electron chi connectivity index (χ4n) is 2.94. The lowest BCUT2D eigenvalue weighted by Gasteiger charge is -2.09. The van der Waals surface area contributed by atoms with Crippen LogP contribution in [0.1, 0.15) is 5.56 Å². The number of aromatic nitrogens is 3. The Hall–Kier alpha value is -3.52. The van der Waals surface area contributed by atoms with Gasteiger partial charge in [0, 0.05) is 16.3 Å². The topological polar surface area (TPSA) is 90.0 Å². The van der Waals surface area contributed by atoms with Crippen molar-refractivity contribution in [3.8, 4) is 11.3 Å². The van der Waals surface area contributed by atoms with E-state index in [1.165, 1.54) is 24.5 Å². The molecule has 0 aliphatic rings. The smallest absolute Gasteiger partial charge is 0.267 e. The fourth-order valence-corrected chi connectivity index (χ4v) is 3.16. The first kappa shape index (κ1) is 18.8. The molecule has 7 nitrogen and oxygen atoms in total. The molecule has 0 spiro atoms. The van der Waals surface area contributed by atoms with Gasteiger partial charge in [0.1, 0.15) is 29.8 Å². The molecule has 0 saturated heterocycles. The summed E-state index contributed by atoms with van der Waals surface area (Å²) in [6.45, 7) is 1.54. The van der Waals surface area contributed by atoms with E-state index in [-0.39, 0.29) is 23.3 Å². The van der Waals surface area contributed by atoms with Gasteiger partial charge in [-0.1, -0.05) is 28.9 Å². The number of hydrogen-bond donors (Lipinski definition) is 1. The van der Waals surface area contributed by atoms with Crippen molar-refractivity contribution in [2.24, 2.45) is 0 Å². The highest BCUT2D eigenvalue weighted by molar-refractivity contribution is 6.30. The Morgan fingerprint density at radius 1 is 1.28 bits per heavy atom. The van der Waals surface area contributed by atoms with Crippen LogP contribution in [-0.4, -0.2) is 20.6 Å². The molecule has 0 bridgehead atoms. The van der Waals surface area contributed by atoms with E-state index in [4.69, 9.17) is 16.1 Å². The number of fused-ring (bicyclic) bond motifs is 1. The Morgan fingerprint density at radius 3 is 2.86 bits per heavy atom. The number of benzene rings is 2. The number of halogens is 2. The van der Waals surface area contributed by atoms with E-state index in [0.717, 1.165) is 10.1 Å². The average Bonchev–Trinajstić information content (AvgIpc) is 3.11. The van der Waals surface area contributed by atoms with Crippen molar-refractivity contribution in [2.45, 2.75) is 13.5 Å². The average molecular weight is 413 g/mol. The SMILES string of the molecule is Cc1cc(Cl)ccc1NC(=O)Cn1cnc2onc(-c3cccc(F)c3)c2c1=O. The van der Waals surface area contributed by atoms with Crippen molar-refractivity contribution in [3.05, 3.63) is 75.5 Å². The maximum absolute atomic E-state index is 13.6. The van der Waals surface area contributed by atoms with Gasteiger partial charge < -0.3 is 9.84 Å². The zero-order valence-corrected chi connectivity index (χ0v) is 15.9. The van der Waals surface area contributed by atoms with Crippen LogP contribution >= 0.6 is 11.6 Å². The predicted octanol–water partition coefficient (Wildman–Crippen LogP) is 3.79. The molecule has 2 aromatic carbocycles. The van der Waals surface area contributed by atoms with Gasteiger partial charge in [-0.25, -0.2) is 9.37 Å². The van der Waals surface area contributed by atoms with Crippen molar-refractivity contribution >= 4 is 34.3 Å². The molecule has 4 rings (SSSR count). The number of carbonyl (C=O) groups excluding carboxylic acids is 1. The predicted molar refractivity (Wildman–Crippen MR) is 106 cm³/mol. The van der Waals surface area contributed by atoms with Crippen LogP contribution in [0.5, 0.6) is 0 Å². The number of amides is 1. The van der Waals surface area contributed by atoms with Crippen molar-refractivity contribution in [1.29, 1.82) is 0 Å². The summed E-state index contributed by atoms with van der Waals surface area (Å²) in [5, 5.41) is 7.22. The molecule has 2 aromatic heterocycles. The van der Waals surface area contributed by atoms with Gasteiger partial charge in [-0.05, 0) is 42.8 Å². The molecule has 146 valence electrons. The molecule has 1 amide bonds. The Labute approximate surface area is 168 Å². The molecule has 4 aromatic rings. The maximum atomic E-state index is 13.6. The van der Waals surface area contributed by atoms with Gasteiger partial charge in [0.05, 0.1) is 0 Å². The Bertz CT molecular complexity index is 1300. The molecule has 0 aliphatic carbocycles. The first-order chi connectivity index (χ1) is 13.9. The third kappa shape index (κ3) is 3.74. The minimum atomic E-state index is -0.515. The third-order valence-electron chi connectivity index (χ3n) is 4.34. The molecule has 29 heavy (non-hydrogen) atoms. The van der Waals surface area contributed by atoms with Gasteiger partial charge >= 0.3 is 0 Å². The maximum Gasteiger partial charge on any atom is 0.267 e. The monoisotopic (exact) mass is 412 g/mol. The van der Waals surface area contributed by atoms with E-state index in [0.29, 0.717) is 16.3 Å². The van der Waals surface area contributed by atoms with Crippen molar-refractivity contribution in [3.63, 3.8) is 0 Å². The molecule has 0 unspecified atom stereocenters. The molecule has 2 heterocycles. The van der Waals surface area contributed by atoms with Gasteiger partial charge in [0.15, 0.2) is 0 Å². The zero-order valence-electron chi connectivity index (χ0n) is 15.1. The van der Waals surface area contributed by atoms with Crippen LogP contribution in [0.15, 0.2) is 58.1 Å². The Balaban J connectivity index is 1.66. The lowest BCUT2D eigenvalue weighted by Crippen LogP contribution is -2.28. The summed E-state index contributed by atoms with van der Waals surface area (Å²) >= 11 is 5.92. The van der Waals surface area contributed by atoms with Crippen LogP contribution in [0, 0.1) is 12.7 Å². The minimum Gasteiger partial charge on any atom is -0.335 e. The first-order valence-electron chi connectivity index (χ1n) is 8.59. The number of nitrogens with one attached hydrogen (secondary N) is 1. The first-order valence-corrected chi connectivity index (χ1v) is 8.97. The Kier molecular flexibility index (Phi) is 4.85. The quantitative estimate of drug-likeness (QED) is 0.550. The summed E-state index contributed by atoms with van der Waals surface area (Å²) in [6.07, 6.45) is 1.21. The van der Waals surface area contributed by atoms with Crippen LogP contribution < -0.4 is 10.9 Å². The number of aryl methyl sites for hydroxylation is 1. The Morgan fingerprint density at radius 2 is 2.10 bits per heavy atom. The number of nitrogens with zero attached hydrogens (tertiary/aromatic N) is 3. The summed E-state index contributed by atoms with van der Waals surface area (Å²) in [6, 6.07) is 10.7. The highest BCUT2D eigenvalue weighted by atomic mass is 35.5. The van der Waals surface area contributed by atoms with Gasteiger partial charge in [-0.15, -0.1) is 0 Å². The minimum absolute atomic E-state index is 0.0134. The highest BCUT2D eigenvalue weighted by Crippen LogP contribution is 2.25. The normalized spacial score (nSPS) is 11.0. The number of rotatable bonds is 4. The van der Waals surface area contributed by atoms with E-state index in [1.54, 1.807) is 24.3 Å². The number of hydrogen-bond acceptors (Lipinski definition) is 5. The van der Waals surface area contributed by atoms with Crippen molar-refractivity contribution < 1.29 is 13.7 Å². The molecule has 0 fully saturated rings. The molecule has 9 heteroatoms. The van der Waals surface area contributed by atoms with Gasteiger partial charge in [0.2, 0.25) is 5.91 Å². The van der Waals surface area contributed by atoms with Crippen LogP contribution in [0.25, 0.3) is 22.4 Å². The van der Waals surface area contributed by atoms with Crippen LogP contribution in [-0.2, 0) is 11.3 Å². The second-order valence-corrected chi connectivity index (χ2v) is 6.84. The number of anilines is 1. The summed E-state index contributed by atoms with van der Waals surface area (Å²) in [5.74, 6) is -0.886. The largest absolute Gasteiger partial charge is 0.335 e. The van der Waals surface area contributed by atoms with Crippen LogP contribution in [0.4, 0.5) is 10.1 Å². The molecular formula is C20H14ClFN4O3. The third-order valence-corrected chi connectivity index (χ3v) is 4.57. The molecule has 0 atom stereocenters. The van der Waals surface area contributed by atoms with Crippen molar-refractivity contribution in [1.82, 2.24) is 14.7 Å². The summed E-state index contributed by atoms with van der Waals surface area (Å²) in [4.78, 5) is 29.4. The molecule has 1 N–H and O–H groups in total. The standard InChI is InChI=1S/C20H14ClFN4O3/c1-11-7-13(21)5-6-15(11)24-16(27)9-26-10-23-19-17(20(26)28)18(25-29-19)12-3-2-4-14(22)8-12/h2-8,10H,9H2,1H3,(H,24,27). The lowest BCUT2D eigenvalue weighted by molar-refractivity contribution is -0.116. The number of carbonyl (C=O) groups is 1. The van der Waals surface area contributed by atoms with E-state index in [2.05, 4.69) is 15.5 Å². The van der Waals surface area contributed by atoms with Crippen LogP contribution in [0.2, 0.25) is 5.02 Å². The fraction of sp³-hybridized carbons (Fsp3) is 0.100. The zero-order chi connectivity index (χ0) is 20.5. The second kappa shape index (κ2) is 7.48.